The van der Waals surface area contributed by atoms with Crippen molar-refractivity contribution in [2.45, 2.75) is 102 Å². The van der Waals surface area contributed by atoms with Crippen LogP contribution in [-0.4, -0.2) is 83.4 Å². The SMILES string of the molecule is C=CC1CC1(NC(=O)C1CC(Oc2noc3ccccc23)CN1C(=O)C(NC(=O)OC(C)(C)C)C(C)(C)C)C(=O)NS(=O)(=O)C1CC1. The van der Waals surface area contributed by atoms with Gasteiger partial charge in [-0.3, -0.25) is 19.1 Å². The maximum absolute atomic E-state index is 14.3. The molecule has 3 N–H and O–H groups in total. The molecule has 256 valence electrons. The summed E-state index contributed by atoms with van der Waals surface area (Å²) in [5.41, 5.74) is -2.68. The van der Waals surface area contributed by atoms with Crippen LogP contribution in [0.2, 0.25) is 0 Å². The van der Waals surface area contributed by atoms with E-state index in [9.17, 15) is 27.6 Å². The summed E-state index contributed by atoms with van der Waals surface area (Å²) in [7, 11) is -3.89. The lowest BCUT2D eigenvalue weighted by atomic mass is 9.85. The Hall–Kier alpha value is -4.14. The number of aromatic nitrogens is 1. The second-order valence-corrected chi connectivity index (χ2v) is 16.6. The fourth-order valence-corrected chi connectivity index (χ4v) is 7.10. The molecule has 2 aromatic rings. The van der Waals surface area contributed by atoms with E-state index in [1.54, 1.807) is 65.8 Å². The van der Waals surface area contributed by atoms with E-state index >= 15 is 0 Å². The minimum atomic E-state index is -3.89. The van der Waals surface area contributed by atoms with Gasteiger partial charge >= 0.3 is 6.09 Å². The number of nitrogens with one attached hydrogen (secondary N) is 3. The molecule has 2 saturated carbocycles. The topological polar surface area (TPSA) is 186 Å². The number of para-hydroxylation sites is 1. The van der Waals surface area contributed by atoms with Crippen LogP contribution >= 0.6 is 0 Å². The monoisotopic (exact) mass is 673 g/mol. The van der Waals surface area contributed by atoms with Crippen LogP contribution in [0.25, 0.3) is 11.0 Å². The first-order valence-electron chi connectivity index (χ1n) is 15.7. The van der Waals surface area contributed by atoms with Crippen LogP contribution in [0.15, 0.2) is 41.4 Å². The van der Waals surface area contributed by atoms with E-state index in [4.69, 9.17) is 14.0 Å². The number of carbonyl (C=O) groups is 4. The molecule has 1 saturated heterocycles. The summed E-state index contributed by atoms with van der Waals surface area (Å²) in [4.78, 5) is 55.8. The average molecular weight is 674 g/mol. The van der Waals surface area contributed by atoms with Gasteiger partial charge in [-0.2, -0.15) is 0 Å². The van der Waals surface area contributed by atoms with E-state index in [-0.39, 0.29) is 25.3 Å². The maximum Gasteiger partial charge on any atom is 0.408 e. The molecule has 3 fully saturated rings. The number of carbonyl (C=O) groups excluding carboxylic acids is 4. The van der Waals surface area contributed by atoms with Crippen molar-refractivity contribution in [2.75, 3.05) is 6.54 Å². The van der Waals surface area contributed by atoms with Crippen molar-refractivity contribution >= 4 is 44.8 Å². The van der Waals surface area contributed by atoms with Gasteiger partial charge in [0.05, 0.1) is 17.2 Å². The summed E-state index contributed by atoms with van der Waals surface area (Å²) in [5, 5.41) is 9.42. The predicted octanol–water partition coefficient (Wildman–Crippen LogP) is 2.78. The Morgan fingerprint density at radius 2 is 1.81 bits per heavy atom. The fraction of sp³-hybridized carbons (Fsp3) is 0.594. The van der Waals surface area contributed by atoms with Crippen molar-refractivity contribution < 1.29 is 41.6 Å². The minimum absolute atomic E-state index is 0.0128. The van der Waals surface area contributed by atoms with E-state index < -0.39 is 79.7 Å². The molecule has 5 atom stereocenters. The van der Waals surface area contributed by atoms with Crippen molar-refractivity contribution in [3.8, 4) is 5.88 Å². The van der Waals surface area contributed by atoms with Gasteiger partial charge in [-0.1, -0.05) is 39.0 Å². The molecule has 15 heteroatoms. The summed E-state index contributed by atoms with van der Waals surface area (Å²) in [6, 6.07) is 4.82. The van der Waals surface area contributed by atoms with E-state index in [1.165, 1.54) is 11.0 Å². The number of ether oxygens (including phenoxy) is 2. The fourth-order valence-electron chi connectivity index (χ4n) is 5.74. The Morgan fingerprint density at radius 1 is 1.13 bits per heavy atom. The first kappa shape index (κ1) is 34.2. The van der Waals surface area contributed by atoms with E-state index in [0.29, 0.717) is 23.8 Å². The van der Waals surface area contributed by atoms with Gasteiger partial charge in [0.2, 0.25) is 21.8 Å². The van der Waals surface area contributed by atoms with Crippen molar-refractivity contribution in [3.05, 3.63) is 36.9 Å². The molecular weight excluding hydrogens is 630 g/mol. The first-order chi connectivity index (χ1) is 21.8. The molecule has 1 aromatic carbocycles. The van der Waals surface area contributed by atoms with Gasteiger partial charge in [0.25, 0.3) is 11.8 Å². The van der Waals surface area contributed by atoms with E-state index in [0.717, 1.165) is 0 Å². The van der Waals surface area contributed by atoms with Crippen LogP contribution in [0.5, 0.6) is 5.88 Å². The van der Waals surface area contributed by atoms with Crippen molar-refractivity contribution in [1.29, 1.82) is 0 Å². The minimum Gasteiger partial charge on any atom is -0.470 e. The lowest BCUT2D eigenvalue weighted by Crippen LogP contribution is -2.60. The molecule has 4 amide bonds. The molecule has 0 bridgehead atoms. The number of benzene rings is 1. The zero-order valence-corrected chi connectivity index (χ0v) is 28.3. The van der Waals surface area contributed by atoms with Gasteiger partial charge in [0.15, 0.2) is 5.58 Å². The number of hydrogen-bond donors (Lipinski definition) is 3. The number of amides is 4. The lowest BCUT2D eigenvalue weighted by molar-refractivity contribution is -0.143. The van der Waals surface area contributed by atoms with Crippen LogP contribution in [0.1, 0.15) is 67.2 Å². The van der Waals surface area contributed by atoms with Crippen LogP contribution in [-0.2, 0) is 29.1 Å². The highest BCUT2D eigenvalue weighted by atomic mass is 32.2. The molecule has 14 nitrogen and oxygen atoms in total. The van der Waals surface area contributed by atoms with Gasteiger partial charge in [0, 0.05) is 12.3 Å². The largest absolute Gasteiger partial charge is 0.470 e. The highest BCUT2D eigenvalue weighted by Crippen LogP contribution is 2.45. The zero-order valence-electron chi connectivity index (χ0n) is 27.5. The first-order valence-corrected chi connectivity index (χ1v) is 17.2. The zero-order chi connectivity index (χ0) is 34.5. The molecule has 0 spiro atoms. The van der Waals surface area contributed by atoms with Crippen LogP contribution in [0.3, 0.4) is 0 Å². The highest BCUT2D eigenvalue weighted by Gasteiger charge is 2.62. The predicted molar refractivity (Wildman–Crippen MR) is 170 cm³/mol. The Morgan fingerprint density at radius 3 is 2.40 bits per heavy atom. The Labute approximate surface area is 274 Å². The third-order valence-electron chi connectivity index (χ3n) is 8.49. The standard InChI is InChI=1S/C32H43N5O9S/c1-8-18-16-32(18,28(40)36-47(42,43)20-13-14-20)34-25(38)22-15-19(44-26-21-11-9-10-12-23(21)46-35-26)17-37(22)27(39)24(30(2,3)4)33-29(41)45-31(5,6)7/h8-12,18-20,22,24H,1,13-17H2,2-7H3,(H,33,41)(H,34,38)(H,36,40). The Kier molecular flexibility index (Phi) is 8.84. The third kappa shape index (κ3) is 7.39. The van der Waals surface area contributed by atoms with Gasteiger partial charge in [-0.05, 0) is 62.7 Å². The van der Waals surface area contributed by atoms with Crippen LogP contribution in [0.4, 0.5) is 4.79 Å². The van der Waals surface area contributed by atoms with Crippen LogP contribution in [0, 0.1) is 11.3 Å². The summed E-state index contributed by atoms with van der Waals surface area (Å²) >= 11 is 0. The number of likely N-dealkylation sites (tertiary alicyclic amines) is 1. The number of nitrogens with zero attached hydrogens (tertiary/aromatic N) is 2. The summed E-state index contributed by atoms with van der Waals surface area (Å²) in [6.07, 6.45) is 1.04. The highest BCUT2D eigenvalue weighted by molar-refractivity contribution is 7.91. The van der Waals surface area contributed by atoms with Gasteiger partial charge in [-0.15, -0.1) is 6.58 Å². The summed E-state index contributed by atoms with van der Waals surface area (Å²) in [5.74, 6) is -2.42. The molecule has 3 aliphatic rings. The van der Waals surface area contributed by atoms with Crippen molar-refractivity contribution in [2.24, 2.45) is 11.3 Å². The number of hydrogen-bond acceptors (Lipinski definition) is 10. The van der Waals surface area contributed by atoms with Gasteiger partial charge in [0.1, 0.15) is 29.3 Å². The van der Waals surface area contributed by atoms with Crippen molar-refractivity contribution in [1.82, 2.24) is 25.4 Å². The van der Waals surface area contributed by atoms with E-state index in [2.05, 4.69) is 27.1 Å². The smallest absolute Gasteiger partial charge is 0.408 e. The van der Waals surface area contributed by atoms with Crippen LogP contribution < -0.4 is 20.1 Å². The molecule has 0 radical (unpaired) electrons. The molecule has 47 heavy (non-hydrogen) atoms. The second-order valence-electron chi connectivity index (χ2n) is 14.6. The lowest BCUT2D eigenvalue weighted by Gasteiger charge is -2.36. The number of fused-ring (bicyclic) bond motifs is 1. The van der Waals surface area contributed by atoms with Gasteiger partial charge < -0.3 is 29.5 Å². The Bertz CT molecular complexity index is 1690. The normalized spacial score (nSPS) is 25.1. The molecular formula is C32H43N5O9S. The summed E-state index contributed by atoms with van der Waals surface area (Å²) in [6.45, 7) is 14.1. The molecule has 5 rings (SSSR count). The average Bonchev–Trinajstić information content (AvgIpc) is 3.86. The number of alkyl carbamates (subject to hydrolysis) is 1. The Balaban J connectivity index is 1.42. The second kappa shape index (κ2) is 12.1. The molecule has 2 heterocycles. The molecule has 1 aliphatic heterocycles. The third-order valence-corrected chi connectivity index (χ3v) is 10.3. The van der Waals surface area contributed by atoms with Crippen molar-refractivity contribution in [3.63, 3.8) is 0 Å². The molecule has 1 aromatic heterocycles. The van der Waals surface area contributed by atoms with E-state index in [1.807, 2.05) is 0 Å². The van der Waals surface area contributed by atoms with Gasteiger partial charge in [-0.25, -0.2) is 13.2 Å². The number of rotatable bonds is 10. The number of sulfonamides is 1. The quantitative estimate of drug-likeness (QED) is 0.317. The summed E-state index contributed by atoms with van der Waals surface area (Å²) < 4.78 is 44.3. The molecule has 5 unspecified atom stereocenters. The maximum atomic E-state index is 14.3. The molecule has 2 aliphatic carbocycles.